The second-order valence-corrected chi connectivity index (χ2v) is 6.41. The number of allylic oxidation sites excluding steroid dienone is 2. The molecule has 154 valence electrons. The molecule has 1 aliphatic rings. The van der Waals surface area contributed by atoms with E-state index in [0.717, 1.165) is 5.56 Å². The first-order chi connectivity index (χ1) is 14.0. The molecule has 0 aromatic heterocycles. The fraction of sp³-hybridized carbons (Fsp3) is 0.333. The fourth-order valence-corrected chi connectivity index (χ4v) is 2.54. The van der Waals surface area contributed by atoms with E-state index in [1.54, 1.807) is 25.3 Å². The summed E-state index contributed by atoms with van der Waals surface area (Å²) < 4.78 is 10.6. The van der Waals surface area contributed by atoms with Crippen molar-refractivity contribution >= 4 is 24.0 Å². The summed E-state index contributed by atoms with van der Waals surface area (Å²) >= 11 is 0. The van der Waals surface area contributed by atoms with Crippen molar-refractivity contribution in [3.63, 3.8) is 0 Å². The lowest BCUT2D eigenvalue weighted by molar-refractivity contribution is 0.0943. The van der Waals surface area contributed by atoms with Gasteiger partial charge in [-0.05, 0) is 44.8 Å². The summed E-state index contributed by atoms with van der Waals surface area (Å²) in [6, 6.07) is 7.28. The maximum absolute atomic E-state index is 12.1. The fourth-order valence-electron chi connectivity index (χ4n) is 2.54. The second kappa shape index (κ2) is 11.0. The van der Waals surface area contributed by atoms with E-state index >= 15 is 0 Å². The zero-order valence-corrected chi connectivity index (χ0v) is 17.0. The van der Waals surface area contributed by atoms with Crippen LogP contribution in [0.3, 0.4) is 0 Å². The highest BCUT2D eigenvalue weighted by atomic mass is 16.5. The number of nitrogens with two attached hydrogens (primary N) is 1. The molecule has 0 aliphatic carbocycles. The van der Waals surface area contributed by atoms with Crippen molar-refractivity contribution in [1.29, 1.82) is 0 Å². The van der Waals surface area contributed by atoms with Crippen molar-refractivity contribution in [2.75, 3.05) is 27.0 Å². The Hall–Kier alpha value is -3.10. The van der Waals surface area contributed by atoms with Gasteiger partial charge in [-0.2, -0.15) is 0 Å². The lowest BCUT2D eigenvalue weighted by atomic mass is 10.0. The van der Waals surface area contributed by atoms with Crippen molar-refractivity contribution in [3.8, 4) is 0 Å². The lowest BCUT2D eigenvalue weighted by Crippen LogP contribution is -2.30. The minimum Gasteiger partial charge on any atom is -0.474 e. The van der Waals surface area contributed by atoms with E-state index in [-0.39, 0.29) is 24.5 Å². The number of aliphatic imine (C=N–C) groups is 3. The average Bonchev–Trinajstić information content (AvgIpc) is 2.72. The Morgan fingerprint density at radius 3 is 2.55 bits per heavy atom. The molecule has 0 atom stereocenters. The van der Waals surface area contributed by atoms with Crippen molar-refractivity contribution < 1.29 is 14.3 Å². The zero-order valence-electron chi connectivity index (χ0n) is 17.0. The number of hydrogen-bond acceptors (Lipinski definition) is 7. The Morgan fingerprint density at radius 2 is 1.97 bits per heavy atom. The van der Waals surface area contributed by atoms with E-state index in [1.165, 1.54) is 0 Å². The summed E-state index contributed by atoms with van der Waals surface area (Å²) in [6.45, 7) is 8.22. The number of dihydropyridines is 1. The van der Waals surface area contributed by atoms with Crippen LogP contribution < -0.4 is 11.1 Å². The predicted octanol–water partition coefficient (Wildman–Crippen LogP) is 2.07. The molecule has 0 unspecified atom stereocenters. The van der Waals surface area contributed by atoms with E-state index in [4.69, 9.17) is 15.2 Å². The maximum atomic E-state index is 12.1. The van der Waals surface area contributed by atoms with Crippen LogP contribution in [0.4, 0.5) is 0 Å². The number of methoxy groups -OCH3 is 1. The number of ether oxygens (including phenoxy) is 2. The van der Waals surface area contributed by atoms with E-state index in [0.29, 0.717) is 35.9 Å². The van der Waals surface area contributed by atoms with Crippen molar-refractivity contribution in [2.45, 2.75) is 19.9 Å². The van der Waals surface area contributed by atoms with Crippen LogP contribution in [0.15, 0.2) is 63.0 Å². The standard InChI is InChI=1S/C21H27N5O3/c1-14(2)25-20(27)16-7-5-15(6-8-16)17-9-10-18(24-13-22)19(26-17)21(23-3)29-12-11-28-4/h5-10,14H,3,11-13,22H2,1-2,4H3,(H,25,27)/b21-19-,24-18-. The first kappa shape index (κ1) is 22.2. The molecule has 0 bridgehead atoms. The highest BCUT2D eigenvalue weighted by Crippen LogP contribution is 2.19. The molecule has 3 N–H and O–H groups in total. The summed E-state index contributed by atoms with van der Waals surface area (Å²) in [5.41, 5.74) is 8.68. The molecular formula is C21H27N5O3. The molecule has 8 nitrogen and oxygen atoms in total. The Balaban J connectivity index is 2.35. The maximum Gasteiger partial charge on any atom is 0.251 e. The van der Waals surface area contributed by atoms with Gasteiger partial charge in [0, 0.05) is 24.3 Å². The van der Waals surface area contributed by atoms with Crippen LogP contribution in [0, 0.1) is 0 Å². The number of amides is 1. The number of benzene rings is 1. The monoisotopic (exact) mass is 397 g/mol. The van der Waals surface area contributed by atoms with Gasteiger partial charge in [0.05, 0.1) is 24.7 Å². The number of nitrogens with one attached hydrogen (secondary N) is 1. The van der Waals surface area contributed by atoms with Gasteiger partial charge in [-0.15, -0.1) is 0 Å². The van der Waals surface area contributed by atoms with Crippen LogP contribution in [0.1, 0.15) is 29.8 Å². The molecule has 2 rings (SSSR count). The largest absolute Gasteiger partial charge is 0.474 e. The van der Waals surface area contributed by atoms with Gasteiger partial charge < -0.3 is 20.5 Å². The van der Waals surface area contributed by atoms with E-state index in [9.17, 15) is 4.79 Å². The lowest BCUT2D eigenvalue weighted by Gasteiger charge is -2.15. The third-order valence-corrected chi connectivity index (χ3v) is 3.87. The number of nitrogens with zero attached hydrogens (tertiary/aromatic N) is 3. The predicted molar refractivity (Wildman–Crippen MR) is 116 cm³/mol. The molecule has 29 heavy (non-hydrogen) atoms. The Bertz CT molecular complexity index is 852. The Kier molecular flexibility index (Phi) is 8.45. The van der Waals surface area contributed by atoms with Gasteiger partial charge in [-0.1, -0.05) is 12.1 Å². The average molecular weight is 397 g/mol. The molecule has 1 aliphatic heterocycles. The third-order valence-electron chi connectivity index (χ3n) is 3.87. The summed E-state index contributed by atoms with van der Waals surface area (Å²) in [5, 5.41) is 2.87. The highest BCUT2D eigenvalue weighted by molar-refractivity contribution is 6.21. The smallest absolute Gasteiger partial charge is 0.251 e. The summed E-state index contributed by atoms with van der Waals surface area (Å²) in [6.07, 6.45) is 3.63. The van der Waals surface area contributed by atoms with E-state index in [2.05, 4.69) is 27.0 Å². The molecule has 1 amide bonds. The molecule has 1 aromatic carbocycles. The molecule has 1 aromatic rings. The molecule has 0 fully saturated rings. The van der Waals surface area contributed by atoms with Gasteiger partial charge in [0.15, 0.2) is 5.70 Å². The minimum absolute atomic E-state index is 0.0729. The molecule has 0 saturated heterocycles. The van der Waals surface area contributed by atoms with Crippen molar-refractivity contribution in [1.82, 2.24) is 5.32 Å². The van der Waals surface area contributed by atoms with Crippen LogP contribution in [-0.2, 0) is 9.47 Å². The van der Waals surface area contributed by atoms with Gasteiger partial charge in [0.25, 0.3) is 5.91 Å². The van der Waals surface area contributed by atoms with Crippen LogP contribution in [0.25, 0.3) is 0 Å². The highest BCUT2D eigenvalue weighted by Gasteiger charge is 2.18. The number of carbonyl (C=O) groups excluding carboxylic acids is 1. The van der Waals surface area contributed by atoms with Crippen LogP contribution in [0.5, 0.6) is 0 Å². The third kappa shape index (κ3) is 6.20. The topological polar surface area (TPSA) is 111 Å². The molecular weight excluding hydrogens is 370 g/mol. The second-order valence-electron chi connectivity index (χ2n) is 6.41. The molecule has 8 heteroatoms. The van der Waals surface area contributed by atoms with Gasteiger partial charge in [-0.3, -0.25) is 9.79 Å². The van der Waals surface area contributed by atoms with Gasteiger partial charge in [0.2, 0.25) is 5.88 Å². The van der Waals surface area contributed by atoms with Gasteiger partial charge in [-0.25, -0.2) is 9.98 Å². The minimum atomic E-state index is -0.115. The van der Waals surface area contributed by atoms with Crippen LogP contribution >= 0.6 is 0 Å². The molecule has 1 heterocycles. The van der Waals surface area contributed by atoms with Crippen molar-refractivity contribution in [2.24, 2.45) is 20.7 Å². The molecule has 0 radical (unpaired) electrons. The SMILES string of the molecule is C=N/C(OCCOC)=C1/N=C(c2ccc(C(=O)NC(C)C)cc2)C=C/C1=N/CN. The first-order valence-electron chi connectivity index (χ1n) is 9.25. The van der Waals surface area contributed by atoms with E-state index < -0.39 is 0 Å². The summed E-state index contributed by atoms with van der Waals surface area (Å²) in [4.78, 5) is 25.0. The van der Waals surface area contributed by atoms with Gasteiger partial charge in [0.1, 0.15) is 6.61 Å². The number of hydrogen-bond donors (Lipinski definition) is 2. The van der Waals surface area contributed by atoms with Crippen molar-refractivity contribution in [3.05, 3.63) is 59.1 Å². The Morgan fingerprint density at radius 1 is 1.24 bits per heavy atom. The number of rotatable bonds is 9. The van der Waals surface area contributed by atoms with Crippen LogP contribution in [-0.4, -0.2) is 57.1 Å². The quantitative estimate of drug-likeness (QED) is 0.377. The normalized spacial score (nSPS) is 16.6. The molecule has 0 saturated carbocycles. The zero-order chi connectivity index (χ0) is 21.2. The molecule has 0 spiro atoms. The number of carbonyl (C=O) groups is 1. The first-order valence-corrected chi connectivity index (χ1v) is 9.25. The summed E-state index contributed by atoms with van der Waals surface area (Å²) in [7, 11) is 1.59. The van der Waals surface area contributed by atoms with E-state index in [1.807, 2.05) is 32.1 Å². The van der Waals surface area contributed by atoms with Gasteiger partial charge >= 0.3 is 0 Å². The van der Waals surface area contributed by atoms with Crippen LogP contribution in [0.2, 0.25) is 0 Å². The summed E-state index contributed by atoms with van der Waals surface area (Å²) in [5.74, 6) is 0.138. The Labute approximate surface area is 170 Å².